The lowest BCUT2D eigenvalue weighted by atomic mass is 10.1. The summed E-state index contributed by atoms with van der Waals surface area (Å²) in [5.41, 5.74) is -0.386. The first kappa shape index (κ1) is 11.5. The van der Waals surface area contributed by atoms with E-state index in [0.29, 0.717) is 13.1 Å². The van der Waals surface area contributed by atoms with Crippen molar-refractivity contribution in [2.24, 2.45) is 5.92 Å². The molecule has 14 heavy (non-hydrogen) atoms. The minimum atomic E-state index is -0.386. The molecule has 0 spiro atoms. The largest absolute Gasteiger partial charge is 0.460 e. The van der Waals surface area contributed by atoms with Gasteiger partial charge in [-0.1, -0.05) is 0 Å². The molecule has 0 amide bonds. The summed E-state index contributed by atoms with van der Waals surface area (Å²) in [7, 11) is 0. The first-order valence-electron chi connectivity index (χ1n) is 5.13. The van der Waals surface area contributed by atoms with Gasteiger partial charge in [0, 0.05) is 26.2 Å². The Morgan fingerprint density at radius 1 is 1.21 bits per heavy atom. The van der Waals surface area contributed by atoms with Crippen LogP contribution in [0.2, 0.25) is 0 Å². The van der Waals surface area contributed by atoms with Crippen LogP contribution in [-0.2, 0) is 9.53 Å². The lowest BCUT2D eigenvalue weighted by molar-refractivity contribution is -0.159. The smallest absolute Gasteiger partial charge is 0.312 e. The zero-order chi connectivity index (χ0) is 10.6. The number of carbonyl (C=O) groups excluding carboxylic acids is 1. The molecule has 4 heteroatoms. The lowest BCUT2D eigenvalue weighted by Crippen LogP contribution is -2.36. The molecule has 0 aliphatic carbocycles. The molecule has 1 saturated heterocycles. The van der Waals surface area contributed by atoms with Crippen LogP contribution in [0.25, 0.3) is 0 Å². The zero-order valence-corrected chi connectivity index (χ0v) is 9.22. The highest BCUT2D eigenvalue weighted by molar-refractivity contribution is 5.73. The van der Waals surface area contributed by atoms with Crippen molar-refractivity contribution < 1.29 is 9.53 Å². The van der Waals surface area contributed by atoms with E-state index >= 15 is 0 Å². The van der Waals surface area contributed by atoms with Gasteiger partial charge in [-0.3, -0.25) is 4.79 Å². The van der Waals surface area contributed by atoms with Crippen LogP contribution in [-0.4, -0.2) is 37.7 Å². The Morgan fingerprint density at radius 2 is 1.71 bits per heavy atom. The Kier molecular flexibility index (Phi) is 3.89. The minimum Gasteiger partial charge on any atom is -0.460 e. The number of hydrogen-bond donors (Lipinski definition) is 2. The zero-order valence-electron chi connectivity index (χ0n) is 9.22. The second-order valence-corrected chi connectivity index (χ2v) is 4.64. The highest BCUT2D eigenvalue weighted by Crippen LogP contribution is 2.11. The van der Waals surface area contributed by atoms with Gasteiger partial charge in [-0.15, -0.1) is 0 Å². The Morgan fingerprint density at radius 3 is 2.14 bits per heavy atom. The van der Waals surface area contributed by atoms with E-state index in [1.54, 1.807) is 0 Å². The summed E-state index contributed by atoms with van der Waals surface area (Å²) in [5, 5.41) is 6.40. The van der Waals surface area contributed by atoms with Gasteiger partial charge >= 0.3 is 5.97 Å². The van der Waals surface area contributed by atoms with E-state index in [2.05, 4.69) is 10.6 Å². The summed E-state index contributed by atoms with van der Waals surface area (Å²) < 4.78 is 5.31. The predicted molar refractivity (Wildman–Crippen MR) is 55.1 cm³/mol. The van der Waals surface area contributed by atoms with Crippen molar-refractivity contribution >= 4 is 5.97 Å². The van der Waals surface area contributed by atoms with E-state index in [1.807, 2.05) is 20.8 Å². The maximum atomic E-state index is 11.7. The number of ether oxygens (including phenoxy) is 1. The van der Waals surface area contributed by atoms with Crippen molar-refractivity contribution in [1.82, 2.24) is 10.6 Å². The summed E-state index contributed by atoms with van der Waals surface area (Å²) in [6, 6.07) is 0. The predicted octanol–water partition coefficient (Wildman–Crippen LogP) is 0.137. The van der Waals surface area contributed by atoms with Crippen molar-refractivity contribution in [3.63, 3.8) is 0 Å². The molecule has 0 aromatic heterocycles. The number of carbonyl (C=O) groups is 1. The van der Waals surface area contributed by atoms with Gasteiger partial charge in [0.25, 0.3) is 0 Å². The highest BCUT2D eigenvalue weighted by atomic mass is 16.6. The van der Waals surface area contributed by atoms with E-state index in [4.69, 9.17) is 4.74 Å². The average Bonchev–Trinajstić information content (AvgIpc) is 2.27. The maximum absolute atomic E-state index is 11.7. The van der Waals surface area contributed by atoms with Crippen LogP contribution in [0.3, 0.4) is 0 Å². The van der Waals surface area contributed by atoms with Crippen molar-refractivity contribution in [1.29, 1.82) is 0 Å². The number of hydrogen-bond acceptors (Lipinski definition) is 4. The quantitative estimate of drug-likeness (QED) is 0.591. The maximum Gasteiger partial charge on any atom is 0.312 e. The van der Waals surface area contributed by atoms with Crippen molar-refractivity contribution in [2.45, 2.75) is 26.4 Å². The van der Waals surface area contributed by atoms with E-state index in [9.17, 15) is 4.79 Å². The summed E-state index contributed by atoms with van der Waals surface area (Å²) in [5.74, 6) is -0.170. The van der Waals surface area contributed by atoms with Crippen molar-refractivity contribution in [3.05, 3.63) is 0 Å². The molecule has 2 N–H and O–H groups in total. The molecule has 0 atom stereocenters. The number of esters is 1. The van der Waals surface area contributed by atoms with Gasteiger partial charge in [0.15, 0.2) is 0 Å². The second-order valence-electron chi connectivity index (χ2n) is 4.64. The van der Waals surface area contributed by atoms with E-state index in [1.165, 1.54) is 0 Å². The summed E-state index contributed by atoms with van der Waals surface area (Å²) in [6.07, 6.45) is 0. The normalized spacial score (nSPS) is 20.2. The van der Waals surface area contributed by atoms with Crippen LogP contribution in [0.4, 0.5) is 0 Å². The molecule has 1 heterocycles. The fourth-order valence-electron chi connectivity index (χ4n) is 1.35. The number of nitrogens with one attached hydrogen (secondary N) is 2. The molecular formula is C10H20N2O2. The Balaban J connectivity index is 2.42. The van der Waals surface area contributed by atoms with Crippen LogP contribution in [0.5, 0.6) is 0 Å². The van der Waals surface area contributed by atoms with Crippen LogP contribution in [0.1, 0.15) is 20.8 Å². The summed E-state index contributed by atoms with van der Waals surface area (Å²) >= 11 is 0. The topological polar surface area (TPSA) is 50.4 Å². The van der Waals surface area contributed by atoms with Gasteiger partial charge in [0.2, 0.25) is 0 Å². The first-order valence-corrected chi connectivity index (χ1v) is 5.13. The Labute approximate surface area is 85.4 Å². The third kappa shape index (κ3) is 4.07. The SMILES string of the molecule is CC(C)(C)OC(=O)C1CNCCNC1. The molecule has 1 aliphatic rings. The minimum absolute atomic E-state index is 0.0586. The first-order chi connectivity index (χ1) is 6.49. The molecule has 1 rings (SSSR count). The fourth-order valence-corrected chi connectivity index (χ4v) is 1.35. The third-order valence-electron chi connectivity index (χ3n) is 2.00. The molecule has 0 unspecified atom stereocenters. The van der Waals surface area contributed by atoms with Crippen LogP contribution >= 0.6 is 0 Å². The molecule has 0 aromatic carbocycles. The monoisotopic (exact) mass is 200 g/mol. The molecule has 0 aromatic rings. The number of rotatable bonds is 1. The molecule has 0 saturated carbocycles. The van der Waals surface area contributed by atoms with Crippen LogP contribution < -0.4 is 10.6 Å². The average molecular weight is 200 g/mol. The molecule has 4 nitrogen and oxygen atoms in total. The Hall–Kier alpha value is -0.610. The van der Waals surface area contributed by atoms with E-state index in [0.717, 1.165) is 13.1 Å². The third-order valence-corrected chi connectivity index (χ3v) is 2.00. The molecule has 82 valence electrons. The van der Waals surface area contributed by atoms with Gasteiger partial charge in [0.1, 0.15) is 5.60 Å². The standard InChI is InChI=1S/C10H20N2O2/c1-10(2,3)14-9(13)8-6-11-4-5-12-7-8/h8,11-12H,4-7H2,1-3H3. The highest BCUT2D eigenvalue weighted by Gasteiger charge is 2.25. The molecular weight excluding hydrogens is 180 g/mol. The van der Waals surface area contributed by atoms with Gasteiger partial charge in [0.05, 0.1) is 5.92 Å². The summed E-state index contributed by atoms with van der Waals surface area (Å²) in [4.78, 5) is 11.7. The lowest BCUT2D eigenvalue weighted by Gasteiger charge is -2.23. The molecule has 0 bridgehead atoms. The van der Waals surface area contributed by atoms with E-state index in [-0.39, 0.29) is 17.5 Å². The Bertz CT molecular complexity index is 191. The van der Waals surface area contributed by atoms with Gasteiger partial charge in [-0.05, 0) is 20.8 Å². The van der Waals surface area contributed by atoms with Gasteiger partial charge < -0.3 is 15.4 Å². The van der Waals surface area contributed by atoms with Crippen LogP contribution in [0.15, 0.2) is 0 Å². The van der Waals surface area contributed by atoms with Gasteiger partial charge in [-0.25, -0.2) is 0 Å². The van der Waals surface area contributed by atoms with Gasteiger partial charge in [-0.2, -0.15) is 0 Å². The molecule has 1 aliphatic heterocycles. The molecule has 1 fully saturated rings. The second kappa shape index (κ2) is 4.75. The molecule has 0 radical (unpaired) electrons. The van der Waals surface area contributed by atoms with Crippen molar-refractivity contribution in [3.8, 4) is 0 Å². The summed E-state index contributed by atoms with van der Waals surface area (Å²) in [6.45, 7) is 8.93. The fraction of sp³-hybridized carbons (Fsp3) is 0.900. The van der Waals surface area contributed by atoms with Crippen molar-refractivity contribution in [2.75, 3.05) is 26.2 Å². The van der Waals surface area contributed by atoms with E-state index < -0.39 is 0 Å². The van der Waals surface area contributed by atoms with Crippen LogP contribution in [0, 0.1) is 5.92 Å².